The number of methoxy groups -OCH3 is 1. The lowest BCUT2D eigenvalue weighted by atomic mass is 10.0. The van der Waals surface area contributed by atoms with Crippen molar-refractivity contribution in [3.63, 3.8) is 0 Å². The number of ether oxygens (including phenoxy) is 3. The van der Waals surface area contributed by atoms with E-state index >= 15 is 0 Å². The lowest BCUT2D eigenvalue weighted by Gasteiger charge is -2.25. The fourth-order valence-electron chi connectivity index (χ4n) is 2.18. The number of allylic oxidation sites excluding steroid dienone is 1. The van der Waals surface area contributed by atoms with Crippen LogP contribution in [-0.2, 0) is 19.0 Å². The molecule has 0 bridgehead atoms. The Morgan fingerprint density at radius 1 is 1.61 bits per heavy atom. The van der Waals surface area contributed by atoms with Gasteiger partial charge in [0.15, 0.2) is 0 Å². The van der Waals surface area contributed by atoms with Crippen LogP contribution in [0.1, 0.15) is 26.7 Å². The SMILES string of the molecule is COC(=O)C1=C/C(=C\C(C)(C)O)OC12CCCO2. The monoisotopic (exact) mass is 254 g/mol. The Morgan fingerprint density at radius 2 is 2.33 bits per heavy atom. The van der Waals surface area contributed by atoms with Crippen LogP contribution >= 0.6 is 0 Å². The van der Waals surface area contributed by atoms with Gasteiger partial charge in [0.2, 0.25) is 5.79 Å². The quantitative estimate of drug-likeness (QED) is 0.752. The molecule has 5 heteroatoms. The molecular weight excluding hydrogens is 236 g/mol. The summed E-state index contributed by atoms with van der Waals surface area (Å²) >= 11 is 0. The van der Waals surface area contributed by atoms with Crippen molar-refractivity contribution in [3.05, 3.63) is 23.5 Å². The van der Waals surface area contributed by atoms with Crippen molar-refractivity contribution >= 4 is 5.97 Å². The van der Waals surface area contributed by atoms with E-state index < -0.39 is 17.4 Å². The summed E-state index contributed by atoms with van der Waals surface area (Å²) in [5, 5.41) is 9.75. The van der Waals surface area contributed by atoms with Crippen LogP contribution in [0.4, 0.5) is 0 Å². The normalized spacial score (nSPS) is 29.6. The fourth-order valence-corrected chi connectivity index (χ4v) is 2.18. The maximum atomic E-state index is 11.7. The lowest BCUT2D eigenvalue weighted by Crippen LogP contribution is -2.33. The van der Waals surface area contributed by atoms with Gasteiger partial charge in [0, 0.05) is 6.42 Å². The maximum absolute atomic E-state index is 11.7. The first-order chi connectivity index (χ1) is 8.36. The van der Waals surface area contributed by atoms with Crippen LogP contribution in [0.5, 0.6) is 0 Å². The van der Waals surface area contributed by atoms with Crippen LogP contribution in [0.3, 0.4) is 0 Å². The zero-order valence-corrected chi connectivity index (χ0v) is 10.9. The second-order valence-corrected chi connectivity index (χ2v) is 5.06. The molecule has 1 fully saturated rings. The fraction of sp³-hybridized carbons (Fsp3) is 0.615. The van der Waals surface area contributed by atoms with Gasteiger partial charge in [0.05, 0.1) is 19.3 Å². The van der Waals surface area contributed by atoms with E-state index in [-0.39, 0.29) is 0 Å². The van der Waals surface area contributed by atoms with Crippen LogP contribution in [0.2, 0.25) is 0 Å². The van der Waals surface area contributed by atoms with Crippen molar-refractivity contribution in [2.75, 3.05) is 13.7 Å². The average Bonchev–Trinajstić information content (AvgIpc) is 2.84. The third kappa shape index (κ3) is 2.42. The van der Waals surface area contributed by atoms with E-state index in [0.717, 1.165) is 6.42 Å². The number of carbonyl (C=O) groups excluding carboxylic acids is 1. The molecule has 0 aromatic heterocycles. The van der Waals surface area contributed by atoms with Crippen LogP contribution in [0.25, 0.3) is 0 Å². The second-order valence-electron chi connectivity index (χ2n) is 5.06. The summed E-state index contributed by atoms with van der Waals surface area (Å²) in [6, 6.07) is 0. The van der Waals surface area contributed by atoms with Crippen molar-refractivity contribution in [1.82, 2.24) is 0 Å². The summed E-state index contributed by atoms with van der Waals surface area (Å²) in [6.45, 7) is 3.81. The molecule has 0 aromatic rings. The molecule has 1 spiro atoms. The van der Waals surface area contributed by atoms with Gasteiger partial charge in [-0.25, -0.2) is 4.79 Å². The Labute approximate surface area is 106 Å². The van der Waals surface area contributed by atoms with Crippen molar-refractivity contribution in [2.45, 2.75) is 38.1 Å². The minimum Gasteiger partial charge on any atom is -0.465 e. The van der Waals surface area contributed by atoms with Gasteiger partial charge >= 0.3 is 5.97 Å². The number of esters is 1. The Hall–Kier alpha value is -1.33. The Kier molecular flexibility index (Phi) is 3.21. The summed E-state index contributed by atoms with van der Waals surface area (Å²) in [5.41, 5.74) is -0.657. The zero-order chi connectivity index (χ0) is 13.4. The highest BCUT2D eigenvalue weighted by Gasteiger charge is 2.49. The van der Waals surface area contributed by atoms with Gasteiger partial charge < -0.3 is 19.3 Å². The van der Waals surface area contributed by atoms with Gasteiger partial charge in [0.25, 0.3) is 0 Å². The number of rotatable bonds is 2. The molecule has 1 atom stereocenters. The van der Waals surface area contributed by atoms with Gasteiger partial charge in [-0.15, -0.1) is 0 Å². The largest absolute Gasteiger partial charge is 0.465 e. The predicted molar refractivity (Wildman–Crippen MR) is 63.5 cm³/mol. The van der Waals surface area contributed by atoms with Gasteiger partial charge in [-0.2, -0.15) is 0 Å². The molecule has 1 N–H and O–H groups in total. The standard InChI is InChI=1S/C13H18O5/c1-12(2,15)8-9-7-10(11(14)16-3)13(18-9)5-4-6-17-13/h7-8,15H,4-6H2,1-3H3/b9-8+. The van der Waals surface area contributed by atoms with Crippen molar-refractivity contribution in [3.8, 4) is 0 Å². The van der Waals surface area contributed by atoms with E-state index in [0.29, 0.717) is 24.4 Å². The van der Waals surface area contributed by atoms with Crippen LogP contribution in [-0.4, -0.2) is 36.2 Å². The lowest BCUT2D eigenvalue weighted by molar-refractivity contribution is -0.161. The Balaban J connectivity index is 2.34. The van der Waals surface area contributed by atoms with Gasteiger partial charge in [0.1, 0.15) is 11.3 Å². The molecule has 2 heterocycles. The smallest absolute Gasteiger partial charge is 0.340 e. The molecule has 0 aromatic carbocycles. The summed E-state index contributed by atoms with van der Waals surface area (Å²) in [4.78, 5) is 11.7. The first-order valence-electron chi connectivity index (χ1n) is 5.95. The highest BCUT2D eigenvalue weighted by molar-refractivity contribution is 5.91. The highest BCUT2D eigenvalue weighted by atomic mass is 16.7. The van der Waals surface area contributed by atoms with Crippen molar-refractivity contribution in [1.29, 1.82) is 0 Å². The van der Waals surface area contributed by atoms with E-state index in [9.17, 15) is 9.90 Å². The maximum Gasteiger partial charge on any atom is 0.340 e. The number of hydrogen-bond acceptors (Lipinski definition) is 5. The molecular formula is C13H18O5. The van der Waals surface area contributed by atoms with E-state index in [1.165, 1.54) is 7.11 Å². The highest BCUT2D eigenvalue weighted by Crippen LogP contribution is 2.42. The molecule has 2 aliphatic heterocycles. The molecule has 0 radical (unpaired) electrons. The van der Waals surface area contributed by atoms with Crippen LogP contribution in [0, 0.1) is 0 Å². The molecule has 18 heavy (non-hydrogen) atoms. The number of hydrogen-bond donors (Lipinski definition) is 1. The summed E-state index contributed by atoms with van der Waals surface area (Å²) in [7, 11) is 1.32. The summed E-state index contributed by atoms with van der Waals surface area (Å²) in [6.07, 6.45) is 4.56. The Bertz CT molecular complexity index is 408. The molecule has 0 aliphatic carbocycles. The van der Waals surface area contributed by atoms with Gasteiger partial charge in [-0.3, -0.25) is 0 Å². The molecule has 1 unspecified atom stereocenters. The van der Waals surface area contributed by atoms with E-state index in [4.69, 9.17) is 14.2 Å². The molecule has 0 amide bonds. The predicted octanol–water partition coefficient (Wildman–Crippen LogP) is 1.28. The molecule has 1 saturated heterocycles. The van der Waals surface area contributed by atoms with Gasteiger partial charge in [-0.1, -0.05) is 0 Å². The van der Waals surface area contributed by atoms with E-state index in [1.807, 2.05) is 0 Å². The summed E-state index contributed by atoms with van der Waals surface area (Å²) in [5.74, 6) is -1.05. The number of aliphatic hydroxyl groups is 1. The first-order valence-corrected chi connectivity index (χ1v) is 5.95. The van der Waals surface area contributed by atoms with Crippen molar-refractivity contribution in [2.24, 2.45) is 0 Å². The third-order valence-corrected chi connectivity index (χ3v) is 2.87. The average molecular weight is 254 g/mol. The third-order valence-electron chi connectivity index (χ3n) is 2.87. The molecule has 5 nitrogen and oxygen atoms in total. The van der Waals surface area contributed by atoms with Crippen LogP contribution in [0.15, 0.2) is 23.5 Å². The number of carbonyl (C=O) groups is 1. The van der Waals surface area contributed by atoms with Gasteiger partial charge in [-0.05, 0) is 32.4 Å². The minimum absolute atomic E-state index is 0.359. The van der Waals surface area contributed by atoms with Crippen molar-refractivity contribution < 1.29 is 24.1 Å². The minimum atomic E-state index is -1.02. The Morgan fingerprint density at radius 3 is 2.83 bits per heavy atom. The molecule has 0 saturated carbocycles. The second kappa shape index (κ2) is 4.40. The molecule has 2 rings (SSSR count). The molecule has 100 valence electrons. The van der Waals surface area contributed by atoms with Crippen LogP contribution < -0.4 is 0 Å². The topological polar surface area (TPSA) is 65.0 Å². The van der Waals surface area contributed by atoms with E-state index in [2.05, 4.69) is 0 Å². The summed E-state index contributed by atoms with van der Waals surface area (Å²) < 4.78 is 16.0. The van der Waals surface area contributed by atoms with E-state index in [1.54, 1.807) is 26.0 Å². The molecule has 2 aliphatic rings. The first kappa shape index (κ1) is 13.1. The zero-order valence-electron chi connectivity index (χ0n) is 10.9.